The van der Waals surface area contributed by atoms with Crippen LogP contribution in [-0.4, -0.2) is 4.98 Å². The average molecular weight is 204 g/mol. The van der Waals surface area contributed by atoms with Gasteiger partial charge in [0.15, 0.2) is 0 Å². The Kier molecular flexibility index (Phi) is 3.10. The molecule has 0 saturated carbocycles. The van der Waals surface area contributed by atoms with Gasteiger partial charge in [0.05, 0.1) is 5.56 Å². The van der Waals surface area contributed by atoms with Crippen molar-refractivity contribution in [2.24, 2.45) is 5.73 Å². The molecule has 0 spiro atoms. The van der Waals surface area contributed by atoms with E-state index in [4.69, 9.17) is 5.73 Å². The molecule has 1 heterocycles. The Balaban J connectivity index is 3.16. The molecule has 1 unspecified atom stereocenters. The second kappa shape index (κ2) is 3.96. The van der Waals surface area contributed by atoms with Crippen LogP contribution in [0.15, 0.2) is 18.5 Å². The van der Waals surface area contributed by atoms with E-state index in [1.54, 1.807) is 6.92 Å². The molecule has 0 aliphatic rings. The van der Waals surface area contributed by atoms with Crippen LogP contribution in [0.5, 0.6) is 0 Å². The summed E-state index contributed by atoms with van der Waals surface area (Å²) in [6.07, 6.45) is -1.61. The van der Waals surface area contributed by atoms with Gasteiger partial charge in [-0.2, -0.15) is 13.2 Å². The summed E-state index contributed by atoms with van der Waals surface area (Å²) in [5, 5.41) is 0. The third-order valence-electron chi connectivity index (χ3n) is 2.00. The quantitative estimate of drug-likeness (QED) is 0.803. The number of nitrogens with two attached hydrogens (primary N) is 1. The molecule has 1 rings (SSSR count). The fraction of sp³-hybridized carbons (Fsp3) is 0.444. The van der Waals surface area contributed by atoms with Gasteiger partial charge in [-0.15, -0.1) is 0 Å². The van der Waals surface area contributed by atoms with Gasteiger partial charge >= 0.3 is 6.18 Å². The Hall–Kier alpha value is -1.10. The van der Waals surface area contributed by atoms with E-state index in [1.165, 1.54) is 6.20 Å². The maximum atomic E-state index is 12.5. The van der Waals surface area contributed by atoms with Crippen LogP contribution in [0, 0.1) is 0 Å². The molecule has 5 heteroatoms. The van der Waals surface area contributed by atoms with E-state index in [9.17, 15) is 13.2 Å². The van der Waals surface area contributed by atoms with Crippen LogP contribution in [0.2, 0.25) is 0 Å². The molecule has 0 aliphatic carbocycles. The number of rotatable bonds is 2. The number of alkyl halides is 3. The van der Waals surface area contributed by atoms with E-state index in [-0.39, 0.29) is 5.56 Å². The Bertz CT molecular complexity index is 309. The highest BCUT2D eigenvalue weighted by Gasteiger charge is 2.34. The molecule has 1 atom stereocenters. The number of hydrogen-bond acceptors (Lipinski definition) is 2. The van der Waals surface area contributed by atoms with E-state index >= 15 is 0 Å². The van der Waals surface area contributed by atoms with Gasteiger partial charge in [0.2, 0.25) is 0 Å². The average Bonchev–Trinajstić information content (AvgIpc) is 2.15. The molecule has 0 saturated heterocycles. The summed E-state index contributed by atoms with van der Waals surface area (Å²) in [6, 6.07) is 0.338. The summed E-state index contributed by atoms with van der Waals surface area (Å²) >= 11 is 0. The molecule has 2 nitrogen and oxygen atoms in total. The standard InChI is InChI=1S/C9H11F3N2/c1-2-8(13)6-5-14-4-3-7(6)9(10,11)12/h3-5,8H,2,13H2,1H3. The zero-order valence-electron chi connectivity index (χ0n) is 7.67. The van der Waals surface area contributed by atoms with Gasteiger partial charge in [-0.25, -0.2) is 0 Å². The first-order chi connectivity index (χ1) is 6.46. The monoisotopic (exact) mass is 204 g/mol. The number of hydrogen-bond donors (Lipinski definition) is 1. The molecule has 2 N–H and O–H groups in total. The number of aromatic nitrogens is 1. The third kappa shape index (κ3) is 2.23. The van der Waals surface area contributed by atoms with Crippen molar-refractivity contribution in [3.8, 4) is 0 Å². The van der Waals surface area contributed by atoms with Crippen molar-refractivity contribution in [1.29, 1.82) is 0 Å². The van der Waals surface area contributed by atoms with Crippen molar-refractivity contribution in [2.75, 3.05) is 0 Å². The maximum Gasteiger partial charge on any atom is 0.416 e. The highest BCUT2D eigenvalue weighted by atomic mass is 19.4. The topological polar surface area (TPSA) is 38.9 Å². The summed E-state index contributed by atoms with van der Waals surface area (Å²) in [6.45, 7) is 1.73. The summed E-state index contributed by atoms with van der Waals surface area (Å²) < 4.78 is 37.4. The molecule has 14 heavy (non-hydrogen) atoms. The SMILES string of the molecule is CCC(N)c1cnccc1C(F)(F)F. The first-order valence-electron chi connectivity index (χ1n) is 4.23. The predicted octanol–water partition coefficient (Wildman–Crippen LogP) is 2.51. The van der Waals surface area contributed by atoms with Crippen molar-refractivity contribution >= 4 is 0 Å². The van der Waals surface area contributed by atoms with Crippen molar-refractivity contribution in [3.63, 3.8) is 0 Å². The molecule has 0 aromatic carbocycles. The summed E-state index contributed by atoms with van der Waals surface area (Å²) in [5.74, 6) is 0. The van der Waals surface area contributed by atoms with Crippen LogP contribution in [0.1, 0.15) is 30.5 Å². The van der Waals surface area contributed by atoms with Gasteiger partial charge < -0.3 is 5.73 Å². The summed E-state index contributed by atoms with van der Waals surface area (Å²) in [4.78, 5) is 3.65. The van der Waals surface area contributed by atoms with E-state index in [1.807, 2.05) is 0 Å². The molecule has 0 fully saturated rings. The number of halogens is 3. The van der Waals surface area contributed by atoms with Gasteiger partial charge in [0, 0.05) is 18.4 Å². The van der Waals surface area contributed by atoms with Crippen LogP contribution >= 0.6 is 0 Å². The van der Waals surface area contributed by atoms with E-state index < -0.39 is 17.8 Å². The van der Waals surface area contributed by atoms with Gasteiger partial charge in [-0.1, -0.05) is 6.92 Å². The molecule has 78 valence electrons. The van der Waals surface area contributed by atoms with E-state index in [2.05, 4.69) is 4.98 Å². The minimum absolute atomic E-state index is 0.0579. The zero-order chi connectivity index (χ0) is 10.8. The number of nitrogens with zero attached hydrogens (tertiary/aromatic N) is 1. The zero-order valence-corrected chi connectivity index (χ0v) is 7.67. The normalized spacial score (nSPS) is 14.1. The van der Waals surface area contributed by atoms with Crippen LogP contribution in [0.4, 0.5) is 13.2 Å². The van der Waals surface area contributed by atoms with E-state index in [0.29, 0.717) is 6.42 Å². The minimum atomic E-state index is -4.36. The van der Waals surface area contributed by atoms with Crippen LogP contribution < -0.4 is 5.73 Å². The lowest BCUT2D eigenvalue weighted by atomic mass is 10.0. The fourth-order valence-corrected chi connectivity index (χ4v) is 1.18. The van der Waals surface area contributed by atoms with Crippen LogP contribution in [0.25, 0.3) is 0 Å². The Labute approximate surface area is 79.9 Å². The van der Waals surface area contributed by atoms with Crippen molar-refractivity contribution in [3.05, 3.63) is 29.6 Å². The van der Waals surface area contributed by atoms with E-state index in [0.717, 1.165) is 12.3 Å². The lowest BCUT2D eigenvalue weighted by molar-refractivity contribution is -0.138. The molecular formula is C9H11F3N2. The van der Waals surface area contributed by atoms with Crippen LogP contribution in [0.3, 0.4) is 0 Å². The maximum absolute atomic E-state index is 12.5. The third-order valence-corrected chi connectivity index (χ3v) is 2.00. The lowest BCUT2D eigenvalue weighted by Crippen LogP contribution is -2.17. The molecule has 0 amide bonds. The van der Waals surface area contributed by atoms with Crippen molar-refractivity contribution in [1.82, 2.24) is 4.98 Å². The van der Waals surface area contributed by atoms with Gasteiger partial charge in [-0.05, 0) is 18.1 Å². The summed E-state index contributed by atoms with van der Waals surface area (Å²) in [7, 11) is 0. The predicted molar refractivity (Wildman–Crippen MR) is 46.5 cm³/mol. The molecule has 0 bridgehead atoms. The molecule has 1 aromatic rings. The fourth-order valence-electron chi connectivity index (χ4n) is 1.18. The first kappa shape index (κ1) is 11.0. The van der Waals surface area contributed by atoms with Gasteiger partial charge in [-0.3, -0.25) is 4.98 Å². The Morgan fingerprint density at radius 3 is 2.64 bits per heavy atom. The largest absolute Gasteiger partial charge is 0.416 e. The summed E-state index contributed by atoms with van der Waals surface area (Å²) in [5.41, 5.74) is 4.92. The van der Waals surface area contributed by atoms with Gasteiger partial charge in [0.1, 0.15) is 0 Å². The van der Waals surface area contributed by atoms with Crippen molar-refractivity contribution in [2.45, 2.75) is 25.6 Å². The highest BCUT2D eigenvalue weighted by Crippen LogP contribution is 2.33. The van der Waals surface area contributed by atoms with Crippen LogP contribution in [-0.2, 0) is 6.18 Å². The minimum Gasteiger partial charge on any atom is -0.324 e. The second-order valence-electron chi connectivity index (χ2n) is 2.98. The smallest absolute Gasteiger partial charge is 0.324 e. The Morgan fingerprint density at radius 2 is 2.14 bits per heavy atom. The highest BCUT2D eigenvalue weighted by molar-refractivity contribution is 5.28. The molecular weight excluding hydrogens is 193 g/mol. The molecule has 0 radical (unpaired) electrons. The Morgan fingerprint density at radius 1 is 1.50 bits per heavy atom. The van der Waals surface area contributed by atoms with Crippen molar-refractivity contribution < 1.29 is 13.2 Å². The van der Waals surface area contributed by atoms with Gasteiger partial charge in [0.25, 0.3) is 0 Å². The second-order valence-corrected chi connectivity index (χ2v) is 2.98. The molecule has 1 aromatic heterocycles. The lowest BCUT2D eigenvalue weighted by Gasteiger charge is -2.15. The number of pyridine rings is 1. The molecule has 0 aliphatic heterocycles. The first-order valence-corrected chi connectivity index (χ1v) is 4.23.